The number of hydrogen-bond acceptors (Lipinski definition) is 8. The number of nitrogens with two attached hydrogens (primary N) is 2. The first-order chi connectivity index (χ1) is 17.3. The number of hydrogen-bond donors (Lipinski definition) is 5. The van der Waals surface area contributed by atoms with Crippen LogP contribution in [0, 0.1) is 0 Å². The molecule has 0 bridgehead atoms. The molecule has 2 aromatic carbocycles. The Morgan fingerprint density at radius 2 is 1.81 bits per heavy atom. The van der Waals surface area contributed by atoms with Crippen LogP contribution in [0.5, 0.6) is 11.5 Å². The van der Waals surface area contributed by atoms with Gasteiger partial charge in [-0.05, 0) is 43.5 Å². The number of benzene rings is 2. The lowest BCUT2D eigenvalue weighted by Crippen LogP contribution is -2.42. The summed E-state index contributed by atoms with van der Waals surface area (Å²) in [7, 11) is 0. The van der Waals surface area contributed by atoms with E-state index in [2.05, 4.69) is 15.6 Å². The van der Waals surface area contributed by atoms with Gasteiger partial charge in [-0.3, -0.25) is 14.6 Å². The maximum Gasteiger partial charge on any atom is 0.252 e. The van der Waals surface area contributed by atoms with E-state index in [1.807, 2.05) is 39.0 Å². The summed E-state index contributed by atoms with van der Waals surface area (Å²) in [4.78, 5) is 28.8. The maximum absolute atomic E-state index is 12.3. The zero-order valence-electron chi connectivity index (χ0n) is 20.8. The Hall–Kier alpha value is -3.89. The van der Waals surface area contributed by atoms with Crippen molar-refractivity contribution in [1.29, 1.82) is 0 Å². The minimum absolute atomic E-state index is 0.226. The van der Waals surface area contributed by atoms with E-state index >= 15 is 0 Å². The third-order valence-corrected chi connectivity index (χ3v) is 5.67. The lowest BCUT2D eigenvalue weighted by Gasteiger charge is -2.20. The van der Waals surface area contributed by atoms with Gasteiger partial charge >= 0.3 is 0 Å². The van der Waals surface area contributed by atoms with Crippen LogP contribution in [0.15, 0.2) is 36.5 Å². The van der Waals surface area contributed by atoms with Crippen LogP contribution in [0.3, 0.4) is 0 Å². The summed E-state index contributed by atoms with van der Waals surface area (Å²) >= 11 is 0. The number of aliphatic hydroxyl groups is 1. The molecule has 3 rings (SSSR count). The molecule has 2 amide bonds. The number of aliphatic hydroxyl groups excluding tert-OH is 1. The van der Waals surface area contributed by atoms with Crippen molar-refractivity contribution in [3.63, 3.8) is 0 Å². The second kappa shape index (κ2) is 12.2. The monoisotopic (exact) mass is 495 g/mol. The molecule has 0 radical (unpaired) electrons. The van der Waals surface area contributed by atoms with E-state index in [0.717, 1.165) is 16.8 Å². The van der Waals surface area contributed by atoms with Gasteiger partial charge in [0.1, 0.15) is 6.04 Å². The molecule has 0 fully saturated rings. The van der Waals surface area contributed by atoms with Crippen LogP contribution in [0.25, 0.3) is 10.9 Å². The van der Waals surface area contributed by atoms with Gasteiger partial charge in [-0.25, -0.2) is 0 Å². The number of rotatable bonds is 12. The molecule has 0 saturated carbocycles. The van der Waals surface area contributed by atoms with E-state index in [1.165, 1.54) is 6.20 Å². The summed E-state index contributed by atoms with van der Waals surface area (Å²) in [6.45, 7) is 6.45. The summed E-state index contributed by atoms with van der Waals surface area (Å²) in [5.41, 5.74) is 15.2. The van der Waals surface area contributed by atoms with Crippen molar-refractivity contribution in [2.75, 3.05) is 25.1 Å². The minimum Gasteiger partial charge on any atom is -0.490 e. The first kappa shape index (κ1) is 26.7. The Kier molecular flexibility index (Phi) is 9.04. The largest absolute Gasteiger partial charge is 0.490 e. The van der Waals surface area contributed by atoms with Crippen LogP contribution in [-0.2, 0) is 17.8 Å². The Balaban J connectivity index is 2.09. The Bertz CT molecular complexity index is 1250. The molecule has 1 atom stereocenters. The van der Waals surface area contributed by atoms with Crippen LogP contribution >= 0.6 is 0 Å². The van der Waals surface area contributed by atoms with E-state index in [0.29, 0.717) is 47.7 Å². The number of anilines is 2. The van der Waals surface area contributed by atoms with Crippen LogP contribution in [-0.4, -0.2) is 47.8 Å². The number of primary amides is 1. The number of amides is 2. The highest BCUT2D eigenvalue weighted by atomic mass is 16.5. The van der Waals surface area contributed by atoms with E-state index in [-0.39, 0.29) is 12.1 Å². The van der Waals surface area contributed by atoms with E-state index < -0.39 is 24.5 Å². The molecule has 1 heterocycles. The Labute approximate surface area is 210 Å². The number of carbonyl (C=O) groups excluding carboxylic acids is 2. The predicted molar refractivity (Wildman–Crippen MR) is 139 cm³/mol. The van der Waals surface area contributed by atoms with Gasteiger partial charge in [0, 0.05) is 29.9 Å². The van der Waals surface area contributed by atoms with Gasteiger partial charge in [0.25, 0.3) is 5.91 Å². The zero-order chi connectivity index (χ0) is 26.2. The number of pyridine rings is 1. The summed E-state index contributed by atoms with van der Waals surface area (Å²) in [5.74, 6) is 0.0248. The van der Waals surface area contributed by atoms with Gasteiger partial charge in [0.05, 0.1) is 36.6 Å². The smallest absolute Gasteiger partial charge is 0.252 e. The molecule has 1 aromatic heterocycles. The van der Waals surface area contributed by atoms with Gasteiger partial charge in [-0.2, -0.15) is 0 Å². The van der Waals surface area contributed by atoms with Gasteiger partial charge in [0.15, 0.2) is 11.5 Å². The molecule has 7 N–H and O–H groups in total. The zero-order valence-corrected chi connectivity index (χ0v) is 20.8. The van der Waals surface area contributed by atoms with Gasteiger partial charge < -0.3 is 36.7 Å². The second-order valence-corrected chi connectivity index (χ2v) is 8.02. The molecule has 36 heavy (non-hydrogen) atoms. The highest BCUT2D eigenvalue weighted by Gasteiger charge is 2.19. The third-order valence-electron chi connectivity index (χ3n) is 5.67. The minimum atomic E-state index is -0.987. The van der Waals surface area contributed by atoms with Crippen molar-refractivity contribution >= 4 is 34.1 Å². The molecular weight excluding hydrogens is 462 g/mol. The topological polar surface area (TPSA) is 162 Å². The maximum atomic E-state index is 12.3. The van der Waals surface area contributed by atoms with Crippen LogP contribution in [0.1, 0.15) is 42.3 Å². The molecule has 0 saturated heterocycles. The average Bonchev–Trinajstić information content (AvgIpc) is 2.87. The van der Waals surface area contributed by atoms with Crippen LogP contribution in [0.4, 0.5) is 11.4 Å². The van der Waals surface area contributed by atoms with E-state index in [1.54, 1.807) is 12.1 Å². The van der Waals surface area contributed by atoms with Crippen molar-refractivity contribution in [3.8, 4) is 11.5 Å². The Morgan fingerprint density at radius 3 is 2.42 bits per heavy atom. The molecular formula is C26H33N5O5. The van der Waals surface area contributed by atoms with E-state index in [4.69, 9.17) is 26.0 Å². The van der Waals surface area contributed by atoms with Crippen molar-refractivity contribution in [1.82, 2.24) is 10.3 Å². The molecule has 0 unspecified atom stereocenters. The normalized spacial score (nSPS) is 11.7. The first-order valence-corrected chi connectivity index (χ1v) is 11.9. The molecule has 0 aliphatic heterocycles. The number of carbonyl (C=O) groups is 2. The van der Waals surface area contributed by atoms with Crippen LogP contribution in [0.2, 0.25) is 0 Å². The second-order valence-electron chi connectivity index (χ2n) is 8.02. The number of nitrogens with zero attached hydrogens (tertiary/aromatic N) is 1. The van der Waals surface area contributed by atoms with Gasteiger partial charge in [0.2, 0.25) is 5.91 Å². The van der Waals surface area contributed by atoms with Crippen molar-refractivity contribution in [2.24, 2.45) is 11.5 Å². The first-order valence-electron chi connectivity index (χ1n) is 11.9. The standard InChI is InChI=1S/C26H33N5O5/c1-4-16-15(12-30-26(34)19(27)14-32)8-7-9-20(16)31-24-17-10-22(35-5-2)23(36-6-3)11-21(17)29-13-18(24)25(28)33/h7-11,13,19,32H,4-6,12,14,27H2,1-3H3,(H2,28,33)(H,29,31)(H,30,34)/t19-/m0/s1. The fourth-order valence-corrected chi connectivity index (χ4v) is 3.92. The summed E-state index contributed by atoms with van der Waals surface area (Å²) in [6, 6.07) is 8.21. The quantitative estimate of drug-likeness (QED) is 0.256. The molecule has 10 nitrogen and oxygen atoms in total. The Morgan fingerprint density at radius 1 is 1.11 bits per heavy atom. The lowest BCUT2D eigenvalue weighted by atomic mass is 10.0. The SMILES string of the molecule is CCOc1cc2ncc(C(N)=O)c(Nc3cccc(CNC(=O)[C@@H](N)CO)c3CC)c2cc1OCC. The highest BCUT2D eigenvalue weighted by Crippen LogP contribution is 2.38. The number of ether oxygens (including phenoxy) is 2. The van der Waals surface area contributed by atoms with Crippen molar-refractivity contribution in [3.05, 3.63) is 53.2 Å². The third kappa shape index (κ3) is 5.84. The molecule has 0 spiro atoms. The summed E-state index contributed by atoms with van der Waals surface area (Å²) in [5, 5.41) is 15.9. The van der Waals surface area contributed by atoms with Gasteiger partial charge in [-0.1, -0.05) is 19.1 Å². The lowest BCUT2D eigenvalue weighted by molar-refractivity contribution is -0.123. The molecule has 10 heteroatoms. The van der Waals surface area contributed by atoms with E-state index in [9.17, 15) is 9.59 Å². The average molecular weight is 496 g/mol. The summed E-state index contributed by atoms with van der Waals surface area (Å²) < 4.78 is 11.5. The summed E-state index contributed by atoms with van der Waals surface area (Å²) in [6.07, 6.45) is 2.09. The predicted octanol–water partition coefficient (Wildman–Crippen LogP) is 2.37. The molecule has 0 aliphatic carbocycles. The highest BCUT2D eigenvalue weighted by molar-refractivity contribution is 6.08. The van der Waals surface area contributed by atoms with Crippen LogP contribution < -0.4 is 31.6 Å². The van der Waals surface area contributed by atoms with Crippen molar-refractivity contribution < 1.29 is 24.2 Å². The molecule has 3 aromatic rings. The number of fused-ring (bicyclic) bond motifs is 1. The fourth-order valence-electron chi connectivity index (χ4n) is 3.92. The fraction of sp³-hybridized carbons (Fsp3) is 0.346. The molecule has 192 valence electrons. The number of nitrogens with one attached hydrogen (secondary N) is 2. The molecule has 0 aliphatic rings. The van der Waals surface area contributed by atoms with Gasteiger partial charge in [-0.15, -0.1) is 0 Å². The number of aromatic nitrogens is 1. The van der Waals surface area contributed by atoms with Crippen molar-refractivity contribution in [2.45, 2.75) is 39.8 Å².